The van der Waals surface area contributed by atoms with Crippen LogP contribution in [0.2, 0.25) is 0 Å². The van der Waals surface area contributed by atoms with Crippen molar-refractivity contribution in [2.45, 2.75) is 6.54 Å². The molecule has 84 valence electrons. The molecule has 0 bridgehead atoms. The molecule has 2 aromatic rings. The number of methoxy groups -OCH3 is 1. The lowest BCUT2D eigenvalue weighted by Crippen LogP contribution is -2.02. The number of phenols is 1. The van der Waals surface area contributed by atoms with E-state index in [9.17, 15) is 5.11 Å². The van der Waals surface area contributed by atoms with Crippen LogP contribution in [0.3, 0.4) is 0 Å². The maximum absolute atomic E-state index is 9.40. The highest BCUT2D eigenvalue weighted by Gasteiger charge is 2.11. The molecule has 0 spiro atoms. The largest absolute Gasteiger partial charge is 0.508 e. The fourth-order valence-electron chi connectivity index (χ4n) is 1.54. The van der Waals surface area contributed by atoms with Crippen molar-refractivity contribution in [1.29, 1.82) is 0 Å². The zero-order chi connectivity index (χ0) is 11.5. The predicted octanol–water partition coefficient (Wildman–Crippen LogP) is 1.05. The number of rotatable bonds is 3. The minimum atomic E-state index is 0.185. The molecule has 0 fully saturated rings. The molecule has 0 saturated heterocycles. The van der Waals surface area contributed by atoms with Gasteiger partial charge in [0.2, 0.25) is 5.88 Å². The molecule has 1 aromatic heterocycles. The number of nitrogens with zero attached hydrogens (tertiary/aromatic N) is 2. The van der Waals surface area contributed by atoms with Gasteiger partial charge in [0.1, 0.15) is 5.75 Å². The van der Waals surface area contributed by atoms with Gasteiger partial charge in [-0.25, -0.2) is 4.68 Å². The summed E-state index contributed by atoms with van der Waals surface area (Å²) in [5, 5.41) is 13.6. The highest BCUT2D eigenvalue weighted by Crippen LogP contribution is 2.23. The van der Waals surface area contributed by atoms with E-state index in [4.69, 9.17) is 10.5 Å². The maximum atomic E-state index is 9.40. The quantitative estimate of drug-likeness (QED) is 0.809. The van der Waals surface area contributed by atoms with Crippen molar-refractivity contribution in [3.8, 4) is 17.3 Å². The second kappa shape index (κ2) is 4.24. The number of hydrogen-bond donors (Lipinski definition) is 2. The van der Waals surface area contributed by atoms with E-state index in [-0.39, 0.29) is 5.75 Å². The van der Waals surface area contributed by atoms with Gasteiger partial charge in [-0.15, -0.1) is 0 Å². The van der Waals surface area contributed by atoms with Crippen LogP contribution in [0.5, 0.6) is 11.6 Å². The second-order valence-electron chi connectivity index (χ2n) is 3.31. The van der Waals surface area contributed by atoms with E-state index < -0.39 is 0 Å². The lowest BCUT2D eigenvalue weighted by molar-refractivity contribution is 0.379. The minimum absolute atomic E-state index is 0.185. The molecule has 0 atom stereocenters. The third-order valence-electron chi connectivity index (χ3n) is 2.28. The molecular formula is C11H13N3O2. The Balaban J connectivity index is 2.51. The Labute approximate surface area is 93.1 Å². The molecule has 0 saturated carbocycles. The molecule has 0 aliphatic rings. The van der Waals surface area contributed by atoms with Crippen molar-refractivity contribution < 1.29 is 9.84 Å². The van der Waals surface area contributed by atoms with Crippen molar-refractivity contribution in [3.63, 3.8) is 0 Å². The molecule has 16 heavy (non-hydrogen) atoms. The number of phenolic OH excluding ortho intramolecular Hbond substituents is 1. The van der Waals surface area contributed by atoms with Gasteiger partial charge in [-0.05, 0) is 12.1 Å². The van der Waals surface area contributed by atoms with E-state index in [1.54, 1.807) is 36.2 Å². The molecule has 2 rings (SSSR count). The third kappa shape index (κ3) is 1.72. The number of aromatic hydroxyl groups is 1. The van der Waals surface area contributed by atoms with Crippen molar-refractivity contribution in [2.24, 2.45) is 5.73 Å². The zero-order valence-corrected chi connectivity index (χ0v) is 8.92. The van der Waals surface area contributed by atoms with E-state index in [0.29, 0.717) is 12.4 Å². The second-order valence-corrected chi connectivity index (χ2v) is 3.31. The van der Waals surface area contributed by atoms with Crippen LogP contribution in [0.25, 0.3) is 5.69 Å². The number of ether oxygens (including phenoxy) is 1. The molecule has 5 nitrogen and oxygen atoms in total. The fraction of sp³-hybridized carbons (Fsp3) is 0.182. The summed E-state index contributed by atoms with van der Waals surface area (Å²) in [6, 6.07) is 6.78. The molecule has 0 aliphatic heterocycles. The van der Waals surface area contributed by atoms with Crippen molar-refractivity contribution in [2.75, 3.05) is 7.11 Å². The van der Waals surface area contributed by atoms with Gasteiger partial charge < -0.3 is 15.6 Å². The lowest BCUT2D eigenvalue weighted by atomic mass is 10.3. The minimum Gasteiger partial charge on any atom is -0.508 e. The van der Waals surface area contributed by atoms with Crippen molar-refractivity contribution >= 4 is 0 Å². The fourth-order valence-corrected chi connectivity index (χ4v) is 1.54. The SMILES string of the molecule is COc1c(CN)cnn1-c1cccc(O)c1. The number of benzene rings is 1. The Bertz CT molecular complexity index is 494. The highest BCUT2D eigenvalue weighted by molar-refractivity contribution is 5.42. The number of nitrogens with two attached hydrogens (primary N) is 1. The van der Waals surface area contributed by atoms with Crippen LogP contribution in [-0.2, 0) is 6.54 Å². The average Bonchev–Trinajstić information content (AvgIpc) is 2.71. The summed E-state index contributed by atoms with van der Waals surface area (Å²) in [7, 11) is 1.56. The average molecular weight is 219 g/mol. The molecule has 0 unspecified atom stereocenters. The Hall–Kier alpha value is -2.01. The van der Waals surface area contributed by atoms with E-state index in [2.05, 4.69) is 5.10 Å². The first-order valence-corrected chi connectivity index (χ1v) is 4.86. The normalized spacial score (nSPS) is 10.4. The lowest BCUT2D eigenvalue weighted by Gasteiger charge is -2.07. The van der Waals surface area contributed by atoms with Crippen LogP contribution >= 0.6 is 0 Å². The smallest absolute Gasteiger partial charge is 0.220 e. The van der Waals surface area contributed by atoms with Crippen LogP contribution in [-0.4, -0.2) is 22.0 Å². The van der Waals surface area contributed by atoms with Gasteiger partial charge in [-0.1, -0.05) is 6.07 Å². The van der Waals surface area contributed by atoms with Crippen LogP contribution < -0.4 is 10.5 Å². The first-order chi connectivity index (χ1) is 7.76. The Morgan fingerprint density at radius 3 is 2.94 bits per heavy atom. The van der Waals surface area contributed by atoms with E-state index in [1.165, 1.54) is 0 Å². The summed E-state index contributed by atoms with van der Waals surface area (Å²) < 4.78 is 6.84. The zero-order valence-electron chi connectivity index (χ0n) is 8.92. The van der Waals surface area contributed by atoms with Gasteiger partial charge in [0.25, 0.3) is 0 Å². The Kier molecular flexibility index (Phi) is 2.78. The molecule has 1 aromatic carbocycles. The molecular weight excluding hydrogens is 206 g/mol. The standard InChI is InChI=1S/C11H13N3O2/c1-16-11-8(6-12)7-13-14(11)9-3-2-4-10(15)5-9/h2-5,7,15H,6,12H2,1H3. The van der Waals surface area contributed by atoms with Crippen LogP contribution in [0.4, 0.5) is 0 Å². The number of hydrogen-bond acceptors (Lipinski definition) is 4. The van der Waals surface area contributed by atoms with Gasteiger partial charge in [-0.3, -0.25) is 0 Å². The first-order valence-electron chi connectivity index (χ1n) is 4.86. The molecule has 0 radical (unpaired) electrons. The van der Waals surface area contributed by atoms with Crippen molar-refractivity contribution in [3.05, 3.63) is 36.0 Å². The van der Waals surface area contributed by atoms with E-state index in [0.717, 1.165) is 11.3 Å². The number of aromatic nitrogens is 2. The van der Waals surface area contributed by atoms with Crippen LogP contribution in [0, 0.1) is 0 Å². The van der Waals surface area contributed by atoms with Gasteiger partial charge in [0, 0.05) is 18.2 Å². The van der Waals surface area contributed by atoms with E-state index in [1.807, 2.05) is 6.07 Å². The van der Waals surface area contributed by atoms with Gasteiger partial charge >= 0.3 is 0 Å². The van der Waals surface area contributed by atoms with Gasteiger partial charge in [-0.2, -0.15) is 5.10 Å². The molecule has 1 heterocycles. The highest BCUT2D eigenvalue weighted by atomic mass is 16.5. The Morgan fingerprint density at radius 2 is 2.31 bits per heavy atom. The Morgan fingerprint density at radius 1 is 1.50 bits per heavy atom. The van der Waals surface area contributed by atoms with Crippen LogP contribution in [0.1, 0.15) is 5.56 Å². The molecule has 0 aliphatic carbocycles. The predicted molar refractivity (Wildman–Crippen MR) is 59.7 cm³/mol. The summed E-state index contributed by atoms with van der Waals surface area (Å²) in [6.07, 6.45) is 1.66. The third-order valence-corrected chi connectivity index (χ3v) is 2.28. The molecule has 0 amide bonds. The maximum Gasteiger partial charge on any atom is 0.220 e. The first kappa shape index (κ1) is 10.5. The van der Waals surface area contributed by atoms with Crippen molar-refractivity contribution in [1.82, 2.24) is 9.78 Å². The van der Waals surface area contributed by atoms with Gasteiger partial charge in [0.15, 0.2) is 0 Å². The molecule has 3 N–H and O–H groups in total. The summed E-state index contributed by atoms with van der Waals surface area (Å²) in [4.78, 5) is 0. The van der Waals surface area contributed by atoms with Gasteiger partial charge in [0.05, 0.1) is 19.0 Å². The van der Waals surface area contributed by atoms with E-state index >= 15 is 0 Å². The summed E-state index contributed by atoms with van der Waals surface area (Å²) >= 11 is 0. The summed E-state index contributed by atoms with van der Waals surface area (Å²) in [5.74, 6) is 0.775. The molecule has 5 heteroatoms. The summed E-state index contributed by atoms with van der Waals surface area (Å²) in [5.41, 5.74) is 7.12. The monoisotopic (exact) mass is 219 g/mol. The topological polar surface area (TPSA) is 73.3 Å². The van der Waals surface area contributed by atoms with Crippen LogP contribution in [0.15, 0.2) is 30.5 Å². The summed E-state index contributed by atoms with van der Waals surface area (Å²) in [6.45, 7) is 0.363.